The fourth-order valence-electron chi connectivity index (χ4n) is 1.01. The van der Waals surface area contributed by atoms with Gasteiger partial charge < -0.3 is 15.7 Å². The Balaban J connectivity index is 2.68. The van der Waals surface area contributed by atoms with E-state index in [-0.39, 0.29) is 17.2 Å². The number of halogens is 3. The Morgan fingerprint density at radius 3 is 2.39 bits per heavy atom. The van der Waals surface area contributed by atoms with Gasteiger partial charge in [0.2, 0.25) is 17.2 Å². The third-order valence-electron chi connectivity index (χ3n) is 1.88. The zero-order valence-electron chi connectivity index (χ0n) is 9.75. The van der Waals surface area contributed by atoms with Crippen molar-refractivity contribution in [1.82, 2.24) is 15.0 Å². The predicted octanol–water partition coefficient (Wildman–Crippen LogP) is 1.39. The van der Waals surface area contributed by atoms with Gasteiger partial charge in [-0.25, -0.2) is 8.78 Å². The number of anilines is 2. The highest BCUT2D eigenvalue weighted by Crippen LogP contribution is 2.14. The van der Waals surface area contributed by atoms with Gasteiger partial charge in [0, 0.05) is 6.54 Å². The number of nitrogens with zero attached hydrogens (tertiary/aromatic N) is 3. The van der Waals surface area contributed by atoms with Crippen LogP contribution in [-0.2, 0) is 0 Å². The molecule has 1 aromatic rings. The van der Waals surface area contributed by atoms with Crippen LogP contribution in [0.5, 0.6) is 0 Å². The molecule has 0 bridgehead atoms. The molecule has 6 nitrogen and oxygen atoms in total. The average molecular weight is 282 g/mol. The Morgan fingerprint density at radius 2 is 1.83 bits per heavy atom. The van der Waals surface area contributed by atoms with E-state index >= 15 is 0 Å². The van der Waals surface area contributed by atoms with E-state index < -0.39 is 19.1 Å². The smallest absolute Gasteiger partial charge is 0.287 e. The molecule has 1 heterocycles. The van der Waals surface area contributed by atoms with Crippen LogP contribution < -0.4 is 10.6 Å². The standard InChI is InChI=1S/C9H14ClF2N5O/c1-2-3-13-7-15-6(10)16-8(17-7)14-4-9(11,12)5-18/h18H,2-5H2,1H3,(H2,13,14,15,16,17). The van der Waals surface area contributed by atoms with Crippen molar-refractivity contribution < 1.29 is 13.9 Å². The highest BCUT2D eigenvalue weighted by Gasteiger charge is 2.27. The summed E-state index contributed by atoms with van der Waals surface area (Å²) in [4.78, 5) is 11.3. The average Bonchev–Trinajstić information content (AvgIpc) is 2.33. The molecule has 1 aromatic heterocycles. The molecule has 102 valence electrons. The maximum Gasteiger partial charge on any atom is 0.287 e. The Labute approximate surface area is 108 Å². The lowest BCUT2D eigenvalue weighted by atomic mass is 10.3. The molecule has 0 unspecified atom stereocenters. The molecule has 0 saturated heterocycles. The first-order chi connectivity index (χ1) is 8.46. The largest absolute Gasteiger partial charge is 0.390 e. The van der Waals surface area contributed by atoms with Crippen molar-refractivity contribution in [3.05, 3.63) is 5.28 Å². The van der Waals surface area contributed by atoms with Gasteiger partial charge in [0.15, 0.2) is 0 Å². The molecule has 0 fully saturated rings. The van der Waals surface area contributed by atoms with E-state index in [1.165, 1.54) is 0 Å². The molecule has 3 N–H and O–H groups in total. The van der Waals surface area contributed by atoms with Gasteiger partial charge in [-0.15, -0.1) is 0 Å². The first-order valence-electron chi connectivity index (χ1n) is 5.35. The van der Waals surface area contributed by atoms with Gasteiger partial charge >= 0.3 is 0 Å². The van der Waals surface area contributed by atoms with E-state index in [0.29, 0.717) is 6.54 Å². The topological polar surface area (TPSA) is 83.0 Å². The number of aliphatic hydroxyl groups is 1. The van der Waals surface area contributed by atoms with Crippen LogP contribution in [0.25, 0.3) is 0 Å². The van der Waals surface area contributed by atoms with E-state index in [2.05, 4.69) is 25.6 Å². The number of aromatic nitrogens is 3. The molecule has 0 aromatic carbocycles. The second-order valence-electron chi connectivity index (χ2n) is 3.55. The minimum Gasteiger partial charge on any atom is -0.390 e. The third kappa shape index (κ3) is 4.92. The number of hydrogen-bond acceptors (Lipinski definition) is 6. The van der Waals surface area contributed by atoms with Crippen LogP contribution >= 0.6 is 11.6 Å². The Hall–Kier alpha value is -1.28. The number of rotatable bonds is 7. The first kappa shape index (κ1) is 14.8. The van der Waals surface area contributed by atoms with E-state index in [4.69, 9.17) is 16.7 Å². The highest BCUT2D eigenvalue weighted by atomic mass is 35.5. The summed E-state index contributed by atoms with van der Waals surface area (Å²) >= 11 is 5.63. The van der Waals surface area contributed by atoms with Crippen molar-refractivity contribution in [1.29, 1.82) is 0 Å². The van der Waals surface area contributed by atoms with Gasteiger partial charge in [0.25, 0.3) is 5.92 Å². The maximum atomic E-state index is 12.8. The Kier molecular flexibility index (Phi) is 5.42. The van der Waals surface area contributed by atoms with Crippen molar-refractivity contribution in [2.75, 3.05) is 30.3 Å². The molecular weight excluding hydrogens is 268 g/mol. The molecule has 0 spiro atoms. The molecule has 0 radical (unpaired) electrons. The normalized spacial score (nSPS) is 11.4. The van der Waals surface area contributed by atoms with Gasteiger partial charge in [0.05, 0.1) is 6.54 Å². The third-order valence-corrected chi connectivity index (χ3v) is 2.05. The van der Waals surface area contributed by atoms with Crippen LogP contribution in [0.1, 0.15) is 13.3 Å². The number of nitrogens with one attached hydrogen (secondary N) is 2. The predicted molar refractivity (Wildman–Crippen MR) is 64.1 cm³/mol. The van der Waals surface area contributed by atoms with Gasteiger partial charge in [-0.05, 0) is 18.0 Å². The molecule has 9 heteroatoms. The molecule has 18 heavy (non-hydrogen) atoms. The van der Waals surface area contributed by atoms with Crippen LogP contribution in [0.15, 0.2) is 0 Å². The molecular formula is C9H14ClF2N5O. The molecule has 1 rings (SSSR count). The fourth-order valence-corrected chi connectivity index (χ4v) is 1.17. The summed E-state index contributed by atoms with van der Waals surface area (Å²) in [6.07, 6.45) is 0.856. The zero-order chi connectivity index (χ0) is 13.6. The summed E-state index contributed by atoms with van der Waals surface area (Å²) in [5.41, 5.74) is 0. The monoisotopic (exact) mass is 281 g/mol. The number of aliphatic hydroxyl groups excluding tert-OH is 1. The van der Waals surface area contributed by atoms with Crippen LogP contribution in [0, 0.1) is 0 Å². The maximum absolute atomic E-state index is 12.8. The van der Waals surface area contributed by atoms with E-state index in [9.17, 15) is 8.78 Å². The summed E-state index contributed by atoms with van der Waals surface area (Å²) in [6, 6.07) is 0. The second kappa shape index (κ2) is 6.60. The lowest BCUT2D eigenvalue weighted by Crippen LogP contribution is -2.31. The Bertz CT molecular complexity index is 393. The SMILES string of the molecule is CCCNc1nc(Cl)nc(NCC(F)(F)CO)n1. The van der Waals surface area contributed by atoms with Crippen molar-refractivity contribution in [2.24, 2.45) is 0 Å². The fraction of sp³-hybridized carbons (Fsp3) is 0.667. The quantitative estimate of drug-likeness (QED) is 0.700. The van der Waals surface area contributed by atoms with E-state index in [1.54, 1.807) is 0 Å². The molecule has 0 atom stereocenters. The second-order valence-corrected chi connectivity index (χ2v) is 3.88. The lowest BCUT2D eigenvalue weighted by molar-refractivity contribution is -0.0374. The van der Waals surface area contributed by atoms with Crippen molar-refractivity contribution in [2.45, 2.75) is 19.3 Å². The minimum absolute atomic E-state index is 0.0678. The van der Waals surface area contributed by atoms with Crippen LogP contribution in [0.3, 0.4) is 0 Å². The first-order valence-corrected chi connectivity index (χ1v) is 5.72. The van der Waals surface area contributed by atoms with Gasteiger partial charge in [0.1, 0.15) is 6.61 Å². The van der Waals surface area contributed by atoms with E-state index in [0.717, 1.165) is 6.42 Å². The summed E-state index contributed by atoms with van der Waals surface area (Å²) < 4.78 is 25.6. The molecule has 0 amide bonds. The number of hydrogen-bond donors (Lipinski definition) is 3. The highest BCUT2D eigenvalue weighted by molar-refractivity contribution is 6.28. The molecule has 0 aliphatic carbocycles. The summed E-state index contributed by atoms with van der Waals surface area (Å²) in [6.45, 7) is 0.556. The van der Waals surface area contributed by atoms with Crippen LogP contribution in [0.2, 0.25) is 5.28 Å². The lowest BCUT2D eigenvalue weighted by Gasteiger charge is -2.14. The zero-order valence-corrected chi connectivity index (χ0v) is 10.5. The molecule has 0 saturated carbocycles. The molecule has 0 aliphatic rings. The van der Waals surface area contributed by atoms with Crippen LogP contribution in [0.4, 0.5) is 20.7 Å². The van der Waals surface area contributed by atoms with Crippen molar-refractivity contribution in [3.63, 3.8) is 0 Å². The van der Waals surface area contributed by atoms with Gasteiger partial charge in [-0.3, -0.25) is 0 Å². The summed E-state index contributed by atoms with van der Waals surface area (Å²) in [7, 11) is 0. The number of alkyl halides is 2. The minimum atomic E-state index is -3.24. The molecule has 0 aliphatic heterocycles. The Morgan fingerprint density at radius 1 is 1.22 bits per heavy atom. The summed E-state index contributed by atoms with van der Waals surface area (Å²) in [5.74, 6) is -3.09. The van der Waals surface area contributed by atoms with E-state index in [1.807, 2.05) is 6.92 Å². The van der Waals surface area contributed by atoms with Crippen LogP contribution in [-0.4, -0.2) is 45.7 Å². The summed E-state index contributed by atoms with van der Waals surface area (Å²) in [5, 5.41) is 13.5. The van der Waals surface area contributed by atoms with Crippen molar-refractivity contribution in [3.8, 4) is 0 Å². The van der Waals surface area contributed by atoms with Gasteiger partial charge in [-0.1, -0.05) is 6.92 Å². The van der Waals surface area contributed by atoms with Gasteiger partial charge in [-0.2, -0.15) is 15.0 Å². The van der Waals surface area contributed by atoms with Crippen molar-refractivity contribution >= 4 is 23.5 Å².